The van der Waals surface area contributed by atoms with Gasteiger partial charge in [-0.3, -0.25) is 0 Å². The summed E-state index contributed by atoms with van der Waals surface area (Å²) < 4.78 is 0. The van der Waals surface area contributed by atoms with E-state index in [0.717, 1.165) is 13.1 Å². The highest BCUT2D eigenvalue weighted by molar-refractivity contribution is 5.76. The normalized spacial score (nSPS) is 8.15. The molecule has 0 unspecified atom stereocenters. The summed E-state index contributed by atoms with van der Waals surface area (Å²) in [5, 5.41) is 0. The predicted octanol–water partition coefficient (Wildman–Crippen LogP) is 1.77. The van der Waals surface area contributed by atoms with Crippen LogP contribution in [0.2, 0.25) is 0 Å². The van der Waals surface area contributed by atoms with E-state index in [-0.39, 0.29) is 16.8 Å². The summed E-state index contributed by atoms with van der Waals surface area (Å²) in [6.45, 7) is 6.52. The molecule has 0 N–H and O–H groups in total. The molecule has 0 spiro atoms. The van der Waals surface area contributed by atoms with Crippen molar-refractivity contribution < 1.29 is 0 Å². The molecule has 0 saturated heterocycles. The quantitative estimate of drug-likeness (QED) is 0.626. The number of hydrogen-bond acceptors (Lipinski definition) is 1. The second-order valence-corrected chi connectivity index (χ2v) is 2.51. The molecule has 1 aromatic rings. The average molecular weight is 171 g/mol. The van der Waals surface area contributed by atoms with Crippen LogP contribution < -0.4 is 4.90 Å². The molecule has 13 heavy (non-hydrogen) atoms. The van der Waals surface area contributed by atoms with Crippen molar-refractivity contribution in [2.45, 2.75) is 13.8 Å². The third kappa shape index (κ3) is 4.07. The largest absolute Gasteiger partial charge is 0.372 e. The first kappa shape index (κ1) is 14.7. The third-order valence-electron chi connectivity index (χ3n) is 1.88. The van der Waals surface area contributed by atoms with Crippen LogP contribution in [0.1, 0.15) is 13.8 Å². The van der Waals surface area contributed by atoms with Crippen LogP contribution in [0.5, 0.6) is 0 Å². The number of rotatable bonds is 3. The van der Waals surface area contributed by atoms with Gasteiger partial charge in [0.25, 0.3) is 0 Å². The van der Waals surface area contributed by atoms with Gasteiger partial charge in [0.1, 0.15) is 0 Å². The Bertz CT molecular complexity index is 197. The molecule has 0 saturated carbocycles. The second-order valence-electron chi connectivity index (χ2n) is 2.51. The Kier molecular flexibility index (Phi) is 8.78. The minimum Gasteiger partial charge on any atom is -0.372 e. The van der Waals surface area contributed by atoms with Gasteiger partial charge in [0, 0.05) is 35.6 Å². The molecule has 0 aromatic heterocycles. The van der Waals surface area contributed by atoms with Gasteiger partial charge in [0.05, 0.1) is 0 Å². The van der Waals surface area contributed by atoms with Crippen LogP contribution in [0.25, 0.3) is 0 Å². The number of anilines is 1. The van der Waals surface area contributed by atoms with Gasteiger partial charge in [-0.25, -0.2) is 0 Å². The molecule has 0 heterocycles. The fourth-order valence-electron chi connectivity index (χ4n) is 1.23. The highest BCUT2D eigenvalue weighted by Crippen LogP contribution is 2.11. The van der Waals surface area contributed by atoms with Crippen molar-refractivity contribution >= 4 is 22.5 Å². The van der Waals surface area contributed by atoms with Gasteiger partial charge in [-0.05, 0) is 26.0 Å². The Balaban J connectivity index is 0. The van der Waals surface area contributed by atoms with Crippen LogP contribution in [0.3, 0.4) is 0 Å². The van der Waals surface area contributed by atoms with E-state index >= 15 is 0 Å². The summed E-state index contributed by atoms with van der Waals surface area (Å²) in [6.07, 6.45) is 0. The van der Waals surface area contributed by atoms with Gasteiger partial charge < -0.3 is 4.90 Å². The van der Waals surface area contributed by atoms with Crippen molar-refractivity contribution in [2.24, 2.45) is 0 Å². The van der Waals surface area contributed by atoms with Crippen LogP contribution >= 0.6 is 0 Å². The van der Waals surface area contributed by atoms with Gasteiger partial charge in [-0.1, -0.05) is 18.2 Å². The fraction of sp³-hybridized carbons (Fsp3) is 0.400. The smallest absolute Gasteiger partial charge is 0.0365 e. The molecule has 0 aliphatic heterocycles. The summed E-state index contributed by atoms with van der Waals surface area (Å²) in [5.74, 6) is 0. The summed E-state index contributed by atoms with van der Waals surface area (Å²) in [5.41, 5.74) is 1.32. The Morgan fingerprint density at radius 1 is 0.923 bits per heavy atom. The molecule has 0 bridgehead atoms. The molecular formula is C10H15B2N. The molecule has 3 heteroatoms. The zero-order valence-corrected chi connectivity index (χ0v) is 8.40. The van der Waals surface area contributed by atoms with Crippen molar-refractivity contribution in [3.8, 4) is 0 Å². The maximum Gasteiger partial charge on any atom is 0.0365 e. The third-order valence-corrected chi connectivity index (χ3v) is 1.88. The molecule has 6 radical (unpaired) electrons. The maximum absolute atomic E-state index is 2.33. The first-order valence-corrected chi connectivity index (χ1v) is 4.18. The minimum atomic E-state index is 0. The van der Waals surface area contributed by atoms with E-state index in [2.05, 4.69) is 43.0 Å². The van der Waals surface area contributed by atoms with Crippen molar-refractivity contribution in [1.82, 2.24) is 0 Å². The summed E-state index contributed by atoms with van der Waals surface area (Å²) >= 11 is 0. The van der Waals surface area contributed by atoms with E-state index < -0.39 is 0 Å². The molecule has 66 valence electrons. The van der Waals surface area contributed by atoms with Gasteiger partial charge in [-0.2, -0.15) is 0 Å². The zero-order valence-electron chi connectivity index (χ0n) is 8.40. The molecule has 0 fully saturated rings. The van der Waals surface area contributed by atoms with Gasteiger partial charge in [0.15, 0.2) is 0 Å². The monoisotopic (exact) mass is 171 g/mol. The van der Waals surface area contributed by atoms with Crippen LogP contribution in [0.15, 0.2) is 30.3 Å². The van der Waals surface area contributed by atoms with E-state index in [1.54, 1.807) is 0 Å². The number of para-hydroxylation sites is 1. The Hall–Kier alpha value is -0.850. The Morgan fingerprint density at radius 2 is 1.38 bits per heavy atom. The van der Waals surface area contributed by atoms with Gasteiger partial charge in [0.2, 0.25) is 0 Å². The summed E-state index contributed by atoms with van der Waals surface area (Å²) in [6, 6.07) is 10.5. The van der Waals surface area contributed by atoms with Crippen LogP contribution in [0, 0.1) is 0 Å². The first-order chi connectivity index (χ1) is 5.38. The van der Waals surface area contributed by atoms with Crippen molar-refractivity contribution in [2.75, 3.05) is 18.0 Å². The average Bonchev–Trinajstić information content (AvgIpc) is 2.09. The van der Waals surface area contributed by atoms with Crippen LogP contribution in [-0.4, -0.2) is 29.9 Å². The fourth-order valence-corrected chi connectivity index (χ4v) is 1.23. The molecule has 0 amide bonds. The minimum absolute atomic E-state index is 0. The van der Waals surface area contributed by atoms with Crippen molar-refractivity contribution in [3.63, 3.8) is 0 Å². The van der Waals surface area contributed by atoms with E-state index in [0.29, 0.717) is 0 Å². The van der Waals surface area contributed by atoms with E-state index in [1.165, 1.54) is 5.69 Å². The van der Waals surface area contributed by atoms with E-state index in [9.17, 15) is 0 Å². The highest BCUT2D eigenvalue weighted by atomic mass is 15.1. The zero-order chi connectivity index (χ0) is 8.10. The number of benzene rings is 1. The van der Waals surface area contributed by atoms with Crippen LogP contribution in [-0.2, 0) is 0 Å². The lowest BCUT2D eigenvalue weighted by atomic mass is 10.3. The van der Waals surface area contributed by atoms with Crippen LogP contribution in [0.4, 0.5) is 5.69 Å². The number of nitrogens with zero attached hydrogens (tertiary/aromatic N) is 1. The lowest BCUT2D eigenvalue weighted by Gasteiger charge is -2.20. The number of hydrogen-bond donors (Lipinski definition) is 0. The lowest BCUT2D eigenvalue weighted by Crippen LogP contribution is -2.21. The molecule has 1 rings (SSSR count). The van der Waals surface area contributed by atoms with Gasteiger partial charge >= 0.3 is 0 Å². The molecule has 0 aliphatic rings. The molecular weight excluding hydrogens is 156 g/mol. The SMILES string of the molecule is CCN(CC)c1ccccc1.[B].[B]. The summed E-state index contributed by atoms with van der Waals surface area (Å²) in [4.78, 5) is 2.33. The highest BCUT2D eigenvalue weighted by Gasteiger charge is 1.97. The molecule has 1 nitrogen and oxygen atoms in total. The summed E-state index contributed by atoms with van der Waals surface area (Å²) in [7, 11) is 0. The second kappa shape index (κ2) is 7.78. The van der Waals surface area contributed by atoms with Crippen molar-refractivity contribution in [1.29, 1.82) is 0 Å². The topological polar surface area (TPSA) is 3.24 Å². The first-order valence-electron chi connectivity index (χ1n) is 4.18. The van der Waals surface area contributed by atoms with Gasteiger partial charge in [-0.15, -0.1) is 0 Å². The Morgan fingerprint density at radius 3 is 1.77 bits per heavy atom. The lowest BCUT2D eigenvalue weighted by molar-refractivity contribution is 0.866. The Labute approximate surface area is 85.3 Å². The standard InChI is InChI=1S/C10H15N.2B/c1-3-11(4-2)10-8-6-5-7-9-10;;/h5-9H,3-4H2,1-2H3;;. The van der Waals surface area contributed by atoms with Crippen molar-refractivity contribution in [3.05, 3.63) is 30.3 Å². The molecule has 0 atom stereocenters. The molecule has 1 aromatic carbocycles. The molecule has 0 aliphatic carbocycles. The predicted molar refractivity (Wildman–Crippen MR) is 61.5 cm³/mol. The van der Waals surface area contributed by atoms with E-state index in [1.807, 2.05) is 6.07 Å². The van der Waals surface area contributed by atoms with E-state index in [4.69, 9.17) is 0 Å². The maximum atomic E-state index is 2.33.